The Bertz CT molecular complexity index is 1390. The minimum Gasteiger partial charge on any atom is -0.422 e. The van der Waals surface area contributed by atoms with Crippen molar-refractivity contribution in [2.75, 3.05) is 0 Å². The number of imidazole rings is 1. The van der Waals surface area contributed by atoms with E-state index in [1.165, 1.54) is 22.7 Å². The molecule has 0 bridgehead atoms. The summed E-state index contributed by atoms with van der Waals surface area (Å²) in [5.74, 6) is -12.0. The molecule has 0 saturated carbocycles. The molecule has 4 aromatic heterocycles. The van der Waals surface area contributed by atoms with E-state index in [1.807, 2.05) is 0 Å². The number of nitrogens with zero attached hydrogens (tertiary/aromatic N) is 5. The van der Waals surface area contributed by atoms with Crippen LogP contribution in [0.2, 0.25) is 0 Å². The molecule has 6 nitrogen and oxygen atoms in total. The molecular weight excluding hydrogens is 459 g/mol. The smallest absolute Gasteiger partial charge is 0.422 e. The molecule has 0 spiro atoms. The van der Waals surface area contributed by atoms with Gasteiger partial charge in [0.2, 0.25) is 6.39 Å². The Labute approximate surface area is 179 Å². The molecule has 13 heteroatoms. The maximum atomic E-state index is 14.6. The molecule has 0 aliphatic heterocycles. The summed E-state index contributed by atoms with van der Waals surface area (Å²) in [5, 5.41) is 7.50. The van der Waals surface area contributed by atoms with Gasteiger partial charge in [-0.25, -0.2) is 9.97 Å². The fourth-order valence-electron chi connectivity index (χ4n) is 3.80. The molecule has 0 unspecified atom stereocenters. The molecule has 0 fully saturated rings. The van der Waals surface area contributed by atoms with Crippen LogP contribution in [0.25, 0.3) is 33.8 Å². The molecule has 5 rings (SSSR count). The average molecular weight is 471 g/mol. The van der Waals surface area contributed by atoms with E-state index in [0.29, 0.717) is 36.3 Å². The maximum Gasteiger partial charge on any atom is 0.460 e. The first-order valence-electron chi connectivity index (χ1n) is 9.62. The summed E-state index contributed by atoms with van der Waals surface area (Å²) in [5.41, 5.74) is -0.977. The van der Waals surface area contributed by atoms with Crippen molar-refractivity contribution in [3.8, 4) is 11.6 Å². The second-order valence-electron chi connectivity index (χ2n) is 7.49. The van der Waals surface area contributed by atoms with Gasteiger partial charge in [-0.2, -0.15) is 30.7 Å². The Morgan fingerprint density at radius 3 is 2.42 bits per heavy atom. The quantitative estimate of drug-likeness (QED) is 0.353. The lowest BCUT2D eigenvalue weighted by atomic mass is 9.98. The van der Waals surface area contributed by atoms with Gasteiger partial charge < -0.3 is 4.42 Å². The Hall–Kier alpha value is -3.51. The van der Waals surface area contributed by atoms with Crippen molar-refractivity contribution in [3.05, 3.63) is 48.1 Å². The molecule has 1 aliphatic rings. The fourth-order valence-corrected chi connectivity index (χ4v) is 3.80. The third-order valence-corrected chi connectivity index (χ3v) is 5.44. The normalized spacial score (nSPS) is 15.5. The van der Waals surface area contributed by atoms with Crippen LogP contribution in [-0.2, 0) is 5.92 Å². The van der Waals surface area contributed by atoms with Crippen molar-refractivity contribution in [2.45, 2.75) is 37.3 Å². The van der Waals surface area contributed by atoms with Crippen LogP contribution < -0.4 is 0 Å². The molecular formula is C20H12F7N5O. The van der Waals surface area contributed by atoms with Crippen LogP contribution in [0.15, 0.2) is 41.3 Å². The Balaban J connectivity index is 1.81. The zero-order valence-corrected chi connectivity index (χ0v) is 16.4. The topological polar surface area (TPSA) is 69.1 Å². The van der Waals surface area contributed by atoms with Crippen LogP contribution in [0.1, 0.15) is 30.5 Å². The summed E-state index contributed by atoms with van der Waals surface area (Å²) in [4.78, 5) is 7.79. The van der Waals surface area contributed by atoms with Gasteiger partial charge in [-0.15, -0.1) is 10.2 Å². The maximum absolute atomic E-state index is 14.6. The van der Waals surface area contributed by atoms with Crippen molar-refractivity contribution in [1.29, 1.82) is 0 Å². The summed E-state index contributed by atoms with van der Waals surface area (Å²) < 4.78 is 102. The number of allylic oxidation sites excluding steroid dienone is 2. The van der Waals surface area contributed by atoms with Gasteiger partial charge in [-0.1, -0.05) is 6.08 Å². The molecule has 0 N–H and O–H groups in total. The molecule has 172 valence electrons. The summed E-state index contributed by atoms with van der Waals surface area (Å²) in [6.07, 6.45) is -0.634. The highest BCUT2D eigenvalue weighted by atomic mass is 19.4. The van der Waals surface area contributed by atoms with E-state index in [4.69, 9.17) is 4.42 Å². The lowest BCUT2D eigenvalue weighted by Gasteiger charge is -2.28. The number of hydrogen-bond acceptors (Lipinski definition) is 5. The lowest BCUT2D eigenvalue weighted by Crippen LogP contribution is -2.50. The SMILES string of the molecule is FC(F)(F)C(F)(F)C(F)(F)c1cc(C2=CCCC2)c2ccc3nc(-c4nnco4)cn3c2n1. The average Bonchev–Trinajstić information content (AvgIpc) is 3.53. The second kappa shape index (κ2) is 6.99. The predicted octanol–water partition coefficient (Wildman–Crippen LogP) is 5.79. The fraction of sp³-hybridized carbons (Fsp3) is 0.300. The van der Waals surface area contributed by atoms with Crippen molar-refractivity contribution in [1.82, 2.24) is 24.6 Å². The summed E-state index contributed by atoms with van der Waals surface area (Å²) in [6.45, 7) is 0. The van der Waals surface area contributed by atoms with E-state index < -0.39 is 23.7 Å². The third-order valence-electron chi connectivity index (χ3n) is 5.44. The van der Waals surface area contributed by atoms with Gasteiger partial charge in [0.25, 0.3) is 5.89 Å². The molecule has 1 aliphatic carbocycles. The Morgan fingerprint density at radius 1 is 1.00 bits per heavy atom. The van der Waals surface area contributed by atoms with E-state index in [9.17, 15) is 30.7 Å². The largest absolute Gasteiger partial charge is 0.460 e. The zero-order chi connectivity index (χ0) is 23.6. The van der Waals surface area contributed by atoms with Gasteiger partial charge in [0.05, 0.1) is 0 Å². The number of pyridine rings is 2. The van der Waals surface area contributed by atoms with E-state index in [2.05, 4.69) is 20.2 Å². The van der Waals surface area contributed by atoms with Gasteiger partial charge in [-0.3, -0.25) is 4.40 Å². The van der Waals surface area contributed by atoms with Crippen LogP contribution in [0.4, 0.5) is 30.7 Å². The minimum atomic E-state index is -6.48. The monoisotopic (exact) mass is 471 g/mol. The minimum absolute atomic E-state index is 0.00401. The second-order valence-corrected chi connectivity index (χ2v) is 7.49. The van der Waals surface area contributed by atoms with Gasteiger partial charge in [-0.05, 0) is 48.6 Å². The number of rotatable bonds is 4. The van der Waals surface area contributed by atoms with Gasteiger partial charge in [0.1, 0.15) is 22.7 Å². The van der Waals surface area contributed by atoms with E-state index in [1.54, 1.807) is 6.08 Å². The highest BCUT2D eigenvalue weighted by Gasteiger charge is 2.74. The number of fused-ring (bicyclic) bond motifs is 3. The molecule has 0 saturated heterocycles. The highest BCUT2D eigenvalue weighted by Crippen LogP contribution is 2.52. The molecule has 33 heavy (non-hydrogen) atoms. The van der Waals surface area contributed by atoms with Crippen LogP contribution in [-0.4, -0.2) is 36.7 Å². The molecule has 0 atom stereocenters. The standard InChI is InChI=1S/C20H12F7N5O/c21-18(22,19(23,24)20(25,26)27)14-7-12(10-3-1-2-4-10)11-5-6-15-29-13(17-31-28-9-33-17)8-32(15)16(11)30-14/h3,5-9H,1-2,4H2. The first-order chi connectivity index (χ1) is 15.5. The first kappa shape index (κ1) is 21.3. The van der Waals surface area contributed by atoms with Crippen LogP contribution >= 0.6 is 0 Å². The molecule has 0 radical (unpaired) electrons. The Kier molecular flexibility index (Phi) is 4.52. The Morgan fingerprint density at radius 2 is 1.79 bits per heavy atom. The number of alkyl halides is 7. The van der Waals surface area contributed by atoms with Crippen molar-refractivity contribution < 1.29 is 35.2 Å². The molecule has 0 aromatic carbocycles. The summed E-state index contributed by atoms with van der Waals surface area (Å²) >= 11 is 0. The van der Waals surface area contributed by atoms with Crippen molar-refractivity contribution >= 4 is 22.3 Å². The molecule has 0 amide bonds. The summed E-state index contributed by atoms with van der Waals surface area (Å²) in [7, 11) is 0. The first-order valence-corrected chi connectivity index (χ1v) is 9.62. The predicted molar refractivity (Wildman–Crippen MR) is 101 cm³/mol. The van der Waals surface area contributed by atoms with Crippen molar-refractivity contribution in [2.24, 2.45) is 0 Å². The number of aromatic nitrogens is 5. The van der Waals surface area contributed by atoms with Gasteiger partial charge in [0, 0.05) is 11.6 Å². The van der Waals surface area contributed by atoms with E-state index >= 15 is 0 Å². The van der Waals surface area contributed by atoms with Crippen LogP contribution in [0, 0.1) is 0 Å². The van der Waals surface area contributed by atoms with Crippen molar-refractivity contribution in [3.63, 3.8) is 0 Å². The molecule has 4 aromatic rings. The van der Waals surface area contributed by atoms with Crippen LogP contribution in [0.5, 0.6) is 0 Å². The lowest BCUT2D eigenvalue weighted by molar-refractivity contribution is -0.360. The molecule has 4 heterocycles. The third kappa shape index (κ3) is 3.16. The zero-order valence-electron chi connectivity index (χ0n) is 16.4. The number of hydrogen-bond donors (Lipinski definition) is 0. The van der Waals surface area contributed by atoms with Gasteiger partial charge in [0.15, 0.2) is 0 Å². The van der Waals surface area contributed by atoms with E-state index in [-0.39, 0.29) is 28.4 Å². The summed E-state index contributed by atoms with van der Waals surface area (Å²) in [6, 6.07) is 3.65. The highest BCUT2D eigenvalue weighted by molar-refractivity contribution is 5.92. The van der Waals surface area contributed by atoms with E-state index in [0.717, 1.165) is 6.39 Å². The van der Waals surface area contributed by atoms with Crippen LogP contribution in [0.3, 0.4) is 0 Å². The van der Waals surface area contributed by atoms with Gasteiger partial charge >= 0.3 is 18.0 Å². The number of halogens is 7.